The molecule has 0 heterocycles. The van der Waals surface area contributed by atoms with Crippen molar-refractivity contribution >= 4 is 37.7 Å². The van der Waals surface area contributed by atoms with Crippen molar-refractivity contribution in [1.29, 1.82) is 0 Å². The van der Waals surface area contributed by atoms with Gasteiger partial charge in [-0.2, -0.15) is 0 Å². The van der Waals surface area contributed by atoms with Gasteiger partial charge in [-0.15, -0.1) is 0 Å². The second kappa shape index (κ2) is 8.18. The summed E-state index contributed by atoms with van der Waals surface area (Å²) in [5.74, 6) is 0. The quantitative estimate of drug-likeness (QED) is 0.578. The summed E-state index contributed by atoms with van der Waals surface area (Å²) in [7, 11) is 0. The minimum absolute atomic E-state index is 0. The summed E-state index contributed by atoms with van der Waals surface area (Å²) in [4.78, 5) is 0. The van der Waals surface area contributed by atoms with Gasteiger partial charge < -0.3 is 12.7 Å². The molecule has 0 amide bonds. The van der Waals surface area contributed by atoms with Crippen LogP contribution >= 0.6 is 0 Å². The molecule has 48 valence electrons. The van der Waals surface area contributed by atoms with E-state index in [4.69, 9.17) is 9.84 Å². The molecule has 0 bridgehead atoms. The van der Waals surface area contributed by atoms with Crippen LogP contribution in [0.25, 0.3) is 0 Å². The molecule has 0 spiro atoms. The summed E-state index contributed by atoms with van der Waals surface area (Å²) in [6.45, 7) is 4.46. The number of hydrogen-bond acceptors (Lipinski definition) is 2. The van der Waals surface area contributed by atoms with Crippen molar-refractivity contribution in [2.75, 3.05) is 13.2 Å². The molecule has 0 aromatic heterocycles. The second-order valence-corrected chi connectivity index (χ2v) is 1.64. The zero-order valence-electron chi connectivity index (χ0n) is 7.55. The monoisotopic (exact) mass is 146 g/mol. The van der Waals surface area contributed by atoms with Crippen molar-refractivity contribution < 1.29 is 12.7 Å². The van der Waals surface area contributed by atoms with Crippen molar-refractivity contribution in [1.82, 2.24) is 0 Å². The van der Waals surface area contributed by atoms with Gasteiger partial charge in [0.1, 0.15) is 0 Å². The molecule has 0 aromatic rings. The van der Waals surface area contributed by atoms with Gasteiger partial charge in [0.05, 0.1) is 19.3 Å². The molecular weight excluding hydrogens is 132 g/mol. The predicted octanol–water partition coefficient (Wildman–Crippen LogP) is 0.248. The van der Waals surface area contributed by atoms with E-state index < -0.39 is 0 Å². The van der Waals surface area contributed by atoms with Crippen LogP contribution in [0.2, 0.25) is 0 Å². The average molecular weight is 146 g/mol. The molecular formula is C5H14CaO2. The first kappa shape index (κ1) is 11.9. The fourth-order valence-corrected chi connectivity index (χ4v) is 0.288. The Morgan fingerprint density at radius 1 is 1.62 bits per heavy atom. The summed E-state index contributed by atoms with van der Waals surface area (Å²) in [6, 6.07) is 0. The normalized spacial score (nSPS) is 9.00. The maximum absolute atomic E-state index is 8.19. The number of aliphatic hydroxyl groups excluding tert-OH is 1. The Labute approximate surface area is 83.2 Å². The van der Waals surface area contributed by atoms with Crippen molar-refractivity contribution in [3.63, 3.8) is 0 Å². The summed E-state index contributed by atoms with van der Waals surface area (Å²) >= 11 is 0. The van der Waals surface area contributed by atoms with E-state index in [1.807, 2.05) is 13.8 Å². The van der Waals surface area contributed by atoms with E-state index in [0.29, 0.717) is 6.61 Å². The molecule has 2 nitrogen and oxygen atoms in total. The van der Waals surface area contributed by atoms with Crippen LogP contribution in [0.5, 0.6) is 0 Å². The fourth-order valence-electron chi connectivity index (χ4n) is 0.288. The van der Waals surface area contributed by atoms with Crippen LogP contribution in [0, 0.1) is 0 Å². The van der Waals surface area contributed by atoms with Gasteiger partial charge in [0.15, 0.2) is 0 Å². The maximum Gasteiger partial charge on any atom is 2.00 e. The third-order valence-corrected chi connectivity index (χ3v) is 0.542. The number of ether oxygens (including phenoxy) is 1. The first-order valence-corrected chi connectivity index (χ1v) is 2.50. The molecule has 0 aromatic carbocycles. The van der Waals surface area contributed by atoms with E-state index in [1.165, 1.54) is 0 Å². The Bertz CT molecular complexity index is 46.6. The molecule has 0 atom stereocenters. The summed E-state index contributed by atoms with van der Waals surface area (Å²) in [6.07, 6.45) is 0.243. The molecule has 8 heavy (non-hydrogen) atoms. The van der Waals surface area contributed by atoms with Crippen molar-refractivity contribution in [3.05, 3.63) is 0 Å². The fraction of sp³-hybridized carbons (Fsp3) is 1.00. The number of hydrogen-bond donors (Lipinski definition) is 1. The van der Waals surface area contributed by atoms with Gasteiger partial charge in [-0.3, -0.25) is 0 Å². The van der Waals surface area contributed by atoms with Gasteiger partial charge in [-0.25, -0.2) is 0 Å². The van der Waals surface area contributed by atoms with Gasteiger partial charge in [-0.1, -0.05) is 0 Å². The van der Waals surface area contributed by atoms with Crippen LogP contribution < -0.4 is 0 Å². The van der Waals surface area contributed by atoms with Crippen molar-refractivity contribution in [3.8, 4) is 0 Å². The zero-order chi connectivity index (χ0) is 5.70. The average Bonchev–Trinajstić information content (AvgIpc) is 1.61. The molecule has 0 radical (unpaired) electrons. The maximum atomic E-state index is 8.19. The van der Waals surface area contributed by atoms with E-state index in [0.717, 1.165) is 0 Å². The molecule has 0 aliphatic carbocycles. The van der Waals surface area contributed by atoms with Crippen molar-refractivity contribution in [2.24, 2.45) is 0 Å². The number of aliphatic hydroxyl groups is 1. The summed E-state index contributed by atoms with van der Waals surface area (Å²) in [5.41, 5.74) is 0. The third-order valence-electron chi connectivity index (χ3n) is 0.542. The third kappa shape index (κ3) is 10.2. The van der Waals surface area contributed by atoms with Crippen LogP contribution in [-0.2, 0) is 4.74 Å². The molecule has 1 N–H and O–H groups in total. The van der Waals surface area contributed by atoms with E-state index in [9.17, 15) is 0 Å². The molecule has 0 fully saturated rings. The van der Waals surface area contributed by atoms with Crippen LogP contribution in [0.3, 0.4) is 0 Å². The molecule has 0 aliphatic heterocycles. The Balaban J connectivity index is -0.0000000600. The largest absolute Gasteiger partial charge is 2.00 e. The summed E-state index contributed by atoms with van der Waals surface area (Å²) < 4.78 is 4.94. The van der Waals surface area contributed by atoms with Gasteiger partial charge in [0.25, 0.3) is 0 Å². The molecule has 3 heteroatoms. The molecule has 0 saturated heterocycles. The SMILES string of the molecule is CC(C)OCCO.[Ca+2].[H-].[H-]. The van der Waals surface area contributed by atoms with Gasteiger partial charge in [0.2, 0.25) is 0 Å². The van der Waals surface area contributed by atoms with Gasteiger partial charge in [0, 0.05) is 0 Å². The Morgan fingerprint density at radius 3 is 2.25 bits per heavy atom. The molecule has 0 saturated carbocycles. The number of rotatable bonds is 3. The van der Waals surface area contributed by atoms with Crippen LogP contribution in [0.15, 0.2) is 0 Å². The Morgan fingerprint density at radius 2 is 2.12 bits per heavy atom. The first-order chi connectivity index (χ1) is 3.27. The Hall–Kier alpha value is 1.18. The summed E-state index contributed by atoms with van der Waals surface area (Å²) in [5, 5.41) is 8.19. The van der Waals surface area contributed by atoms with Crippen molar-refractivity contribution in [2.45, 2.75) is 20.0 Å². The first-order valence-electron chi connectivity index (χ1n) is 2.50. The Kier molecular flexibility index (Phi) is 12.2. The van der Waals surface area contributed by atoms with E-state index in [-0.39, 0.29) is 53.3 Å². The van der Waals surface area contributed by atoms with Gasteiger partial charge >= 0.3 is 37.7 Å². The smallest absolute Gasteiger partial charge is 1.00 e. The molecule has 0 rings (SSSR count). The van der Waals surface area contributed by atoms with Crippen LogP contribution in [0.1, 0.15) is 16.7 Å². The molecule has 0 unspecified atom stereocenters. The zero-order valence-corrected chi connectivity index (χ0v) is 7.76. The second-order valence-electron chi connectivity index (χ2n) is 1.64. The van der Waals surface area contributed by atoms with E-state index >= 15 is 0 Å². The van der Waals surface area contributed by atoms with Crippen LogP contribution in [0.4, 0.5) is 0 Å². The predicted molar refractivity (Wildman–Crippen MR) is 36.2 cm³/mol. The minimum Gasteiger partial charge on any atom is -1.00 e. The standard InChI is InChI=1S/C5H12O2.Ca.2H/c1-5(2)7-4-3-6;;;/h5-6H,3-4H2,1-2H3;;;/q;+2;2*-1. The van der Waals surface area contributed by atoms with E-state index in [2.05, 4.69) is 0 Å². The van der Waals surface area contributed by atoms with Gasteiger partial charge in [-0.05, 0) is 13.8 Å². The molecule has 0 aliphatic rings. The minimum atomic E-state index is 0. The topological polar surface area (TPSA) is 29.5 Å². The van der Waals surface area contributed by atoms with Crippen LogP contribution in [-0.4, -0.2) is 62.2 Å². The van der Waals surface area contributed by atoms with E-state index in [1.54, 1.807) is 0 Å².